The molecule has 0 atom stereocenters. The maximum absolute atomic E-state index is 12.6. The molecular formula is C22H22N2O5S. The van der Waals surface area contributed by atoms with Crippen LogP contribution in [0.3, 0.4) is 0 Å². The second kappa shape index (κ2) is 10.1. The Morgan fingerprint density at radius 2 is 1.77 bits per heavy atom. The standard InChI is InChI=1S/C22H22N2O5S/c1-28-14-16-3-7-17(8-4-16)20(25)23-11-12-24-21(26)19(30-22(24)27)13-15-5-9-18(29-2)10-6-15/h3-10,13H,11-12,14H2,1-2H3,(H,23,25)/b19-13+. The summed E-state index contributed by atoms with van der Waals surface area (Å²) in [6.07, 6.45) is 1.67. The first-order valence-electron chi connectivity index (χ1n) is 9.27. The highest BCUT2D eigenvalue weighted by molar-refractivity contribution is 8.18. The van der Waals surface area contributed by atoms with Crippen LogP contribution in [0.25, 0.3) is 6.08 Å². The zero-order chi connectivity index (χ0) is 21.5. The molecule has 0 aromatic heterocycles. The topological polar surface area (TPSA) is 84.9 Å². The van der Waals surface area contributed by atoms with Crippen molar-refractivity contribution in [3.8, 4) is 5.75 Å². The van der Waals surface area contributed by atoms with E-state index >= 15 is 0 Å². The van der Waals surface area contributed by atoms with Gasteiger partial charge in [0.2, 0.25) is 0 Å². The molecule has 2 aromatic rings. The highest BCUT2D eigenvalue weighted by Crippen LogP contribution is 2.32. The van der Waals surface area contributed by atoms with Crippen molar-refractivity contribution in [3.63, 3.8) is 0 Å². The van der Waals surface area contributed by atoms with Gasteiger partial charge < -0.3 is 14.8 Å². The summed E-state index contributed by atoms with van der Waals surface area (Å²) in [6, 6.07) is 14.2. The van der Waals surface area contributed by atoms with Gasteiger partial charge in [-0.25, -0.2) is 0 Å². The van der Waals surface area contributed by atoms with Crippen molar-refractivity contribution in [3.05, 3.63) is 70.1 Å². The fourth-order valence-electron chi connectivity index (χ4n) is 2.85. The third-order valence-corrected chi connectivity index (χ3v) is 5.34. The molecule has 30 heavy (non-hydrogen) atoms. The molecule has 1 saturated heterocycles. The van der Waals surface area contributed by atoms with Gasteiger partial charge in [0.15, 0.2) is 0 Å². The molecule has 1 heterocycles. The number of carbonyl (C=O) groups is 3. The molecule has 3 rings (SSSR count). The number of hydrogen-bond acceptors (Lipinski definition) is 6. The quantitative estimate of drug-likeness (QED) is 0.652. The summed E-state index contributed by atoms with van der Waals surface area (Å²) in [6.45, 7) is 0.760. The lowest BCUT2D eigenvalue weighted by molar-refractivity contribution is -0.122. The van der Waals surface area contributed by atoms with Crippen molar-refractivity contribution in [1.29, 1.82) is 0 Å². The van der Waals surface area contributed by atoms with Crippen LogP contribution in [0.1, 0.15) is 21.5 Å². The molecule has 0 radical (unpaired) electrons. The number of hydrogen-bond donors (Lipinski definition) is 1. The number of carbonyl (C=O) groups excluding carboxylic acids is 3. The maximum atomic E-state index is 12.6. The van der Waals surface area contributed by atoms with E-state index in [0.29, 0.717) is 22.8 Å². The van der Waals surface area contributed by atoms with Gasteiger partial charge in [-0.2, -0.15) is 0 Å². The van der Waals surface area contributed by atoms with Crippen LogP contribution in [0.4, 0.5) is 4.79 Å². The summed E-state index contributed by atoms with van der Waals surface area (Å²) in [4.78, 5) is 38.5. The molecule has 0 unspecified atom stereocenters. The first kappa shape index (κ1) is 21.6. The van der Waals surface area contributed by atoms with Crippen LogP contribution in [0.15, 0.2) is 53.4 Å². The predicted molar refractivity (Wildman–Crippen MR) is 115 cm³/mol. The molecule has 0 bridgehead atoms. The highest BCUT2D eigenvalue weighted by Gasteiger charge is 2.34. The molecule has 2 aromatic carbocycles. The molecule has 3 amide bonds. The zero-order valence-electron chi connectivity index (χ0n) is 16.7. The molecule has 156 valence electrons. The minimum Gasteiger partial charge on any atom is -0.497 e. The van der Waals surface area contributed by atoms with Gasteiger partial charge >= 0.3 is 0 Å². The number of ether oxygens (including phenoxy) is 2. The van der Waals surface area contributed by atoms with Crippen LogP contribution in [-0.2, 0) is 16.1 Å². The third kappa shape index (κ3) is 5.28. The average Bonchev–Trinajstić information content (AvgIpc) is 3.02. The molecule has 7 nitrogen and oxygen atoms in total. The van der Waals surface area contributed by atoms with Gasteiger partial charge in [-0.1, -0.05) is 24.3 Å². The number of rotatable bonds is 8. The van der Waals surface area contributed by atoms with Gasteiger partial charge in [-0.05, 0) is 53.2 Å². The smallest absolute Gasteiger partial charge is 0.293 e. The molecular weight excluding hydrogens is 404 g/mol. The number of nitrogens with one attached hydrogen (secondary N) is 1. The monoisotopic (exact) mass is 426 g/mol. The van der Waals surface area contributed by atoms with E-state index in [2.05, 4.69) is 5.32 Å². The Kier molecular flexibility index (Phi) is 7.26. The molecule has 1 N–H and O–H groups in total. The Labute approximate surface area is 179 Å². The number of imide groups is 1. The Balaban J connectivity index is 1.55. The van der Waals surface area contributed by atoms with E-state index in [9.17, 15) is 14.4 Å². The fourth-order valence-corrected chi connectivity index (χ4v) is 3.71. The van der Waals surface area contributed by atoms with E-state index in [1.165, 1.54) is 0 Å². The Morgan fingerprint density at radius 3 is 2.40 bits per heavy atom. The van der Waals surface area contributed by atoms with Gasteiger partial charge in [0, 0.05) is 25.8 Å². The van der Waals surface area contributed by atoms with Crippen LogP contribution in [0.2, 0.25) is 0 Å². The Bertz CT molecular complexity index is 954. The highest BCUT2D eigenvalue weighted by atomic mass is 32.2. The zero-order valence-corrected chi connectivity index (χ0v) is 17.5. The third-order valence-electron chi connectivity index (χ3n) is 4.44. The van der Waals surface area contributed by atoms with Gasteiger partial charge in [-0.3, -0.25) is 19.3 Å². The summed E-state index contributed by atoms with van der Waals surface area (Å²) < 4.78 is 10.2. The number of nitrogens with zero attached hydrogens (tertiary/aromatic N) is 1. The predicted octanol–water partition coefficient (Wildman–Crippen LogP) is 3.31. The number of thioether (sulfide) groups is 1. The molecule has 1 aliphatic heterocycles. The van der Waals surface area contributed by atoms with Gasteiger partial charge in [-0.15, -0.1) is 0 Å². The second-order valence-corrected chi connectivity index (χ2v) is 7.49. The van der Waals surface area contributed by atoms with Crippen LogP contribution in [0.5, 0.6) is 5.75 Å². The molecule has 0 spiro atoms. The Morgan fingerprint density at radius 1 is 1.07 bits per heavy atom. The lowest BCUT2D eigenvalue weighted by Crippen LogP contribution is -2.37. The van der Waals surface area contributed by atoms with E-state index in [1.807, 2.05) is 24.3 Å². The van der Waals surface area contributed by atoms with E-state index < -0.39 is 0 Å². The number of benzene rings is 2. The summed E-state index contributed by atoms with van der Waals surface area (Å²) in [5.41, 5.74) is 2.27. The molecule has 1 fully saturated rings. The van der Waals surface area contributed by atoms with Crippen LogP contribution in [-0.4, -0.2) is 49.3 Å². The summed E-state index contributed by atoms with van der Waals surface area (Å²) in [7, 11) is 3.19. The van der Waals surface area contributed by atoms with Gasteiger partial charge in [0.05, 0.1) is 18.6 Å². The van der Waals surface area contributed by atoms with Crippen molar-refractivity contribution in [2.24, 2.45) is 0 Å². The molecule has 1 aliphatic rings. The molecule has 0 saturated carbocycles. The number of methoxy groups -OCH3 is 2. The van der Waals surface area contributed by atoms with E-state index in [1.54, 1.807) is 44.6 Å². The Hall–Kier alpha value is -3.10. The van der Waals surface area contributed by atoms with Crippen molar-refractivity contribution in [2.75, 3.05) is 27.3 Å². The van der Waals surface area contributed by atoms with E-state index in [-0.39, 0.29) is 30.1 Å². The normalized spacial score (nSPS) is 15.0. The second-order valence-electron chi connectivity index (χ2n) is 6.49. The fraction of sp³-hybridized carbons (Fsp3) is 0.227. The number of amides is 3. The summed E-state index contributed by atoms with van der Waals surface area (Å²) in [5.74, 6) is 0.0861. The molecule has 0 aliphatic carbocycles. The minimum atomic E-state index is -0.362. The maximum Gasteiger partial charge on any atom is 0.293 e. The summed E-state index contributed by atoms with van der Waals surface area (Å²) in [5, 5.41) is 2.39. The van der Waals surface area contributed by atoms with Gasteiger partial charge in [0.25, 0.3) is 17.1 Å². The first-order valence-corrected chi connectivity index (χ1v) is 10.1. The van der Waals surface area contributed by atoms with Crippen molar-refractivity contribution < 1.29 is 23.9 Å². The average molecular weight is 426 g/mol. The van der Waals surface area contributed by atoms with Crippen LogP contribution < -0.4 is 10.1 Å². The first-order chi connectivity index (χ1) is 14.5. The summed E-state index contributed by atoms with van der Waals surface area (Å²) >= 11 is 0.891. The largest absolute Gasteiger partial charge is 0.497 e. The van der Waals surface area contributed by atoms with Crippen molar-refractivity contribution in [1.82, 2.24) is 10.2 Å². The minimum absolute atomic E-state index is 0.109. The van der Waals surface area contributed by atoms with Crippen molar-refractivity contribution in [2.45, 2.75) is 6.61 Å². The van der Waals surface area contributed by atoms with Crippen molar-refractivity contribution >= 4 is 34.9 Å². The van der Waals surface area contributed by atoms with Crippen LogP contribution in [0, 0.1) is 0 Å². The van der Waals surface area contributed by atoms with Crippen LogP contribution >= 0.6 is 11.8 Å². The lowest BCUT2D eigenvalue weighted by Gasteiger charge is -2.13. The lowest BCUT2D eigenvalue weighted by atomic mass is 10.1. The van der Waals surface area contributed by atoms with E-state index in [0.717, 1.165) is 27.8 Å². The van der Waals surface area contributed by atoms with E-state index in [4.69, 9.17) is 9.47 Å². The SMILES string of the molecule is COCc1ccc(C(=O)NCCN2C(=O)S/C(=C/c3ccc(OC)cc3)C2=O)cc1. The van der Waals surface area contributed by atoms with Gasteiger partial charge in [0.1, 0.15) is 5.75 Å². The molecule has 8 heteroatoms.